The SMILES string of the molecule is C[C@@H](NC(=O)c1cccc(OCC(F)F)n1)c1nnnn1C. The summed E-state index contributed by atoms with van der Waals surface area (Å²) >= 11 is 0. The molecule has 8 nitrogen and oxygen atoms in total. The number of aromatic nitrogens is 5. The lowest BCUT2D eigenvalue weighted by molar-refractivity contribution is 0.0792. The number of tetrazole rings is 1. The molecule has 1 N–H and O–H groups in total. The molecule has 118 valence electrons. The minimum Gasteiger partial charge on any atom is -0.472 e. The van der Waals surface area contributed by atoms with Crippen molar-refractivity contribution in [2.45, 2.75) is 19.4 Å². The van der Waals surface area contributed by atoms with Crippen LogP contribution in [0.3, 0.4) is 0 Å². The summed E-state index contributed by atoms with van der Waals surface area (Å²) in [5.41, 5.74) is 0.0498. The van der Waals surface area contributed by atoms with Gasteiger partial charge in [0.1, 0.15) is 5.69 Å². The van der Waals surface area contributed by atoms with E-state index in [1.807, 2.05) is 0 Å². The number of pyridine rings is 1. The van der Waals surface area contributed by atoms with Crippen molar-refractivity contribution in [2.24, 2.45) is 7.05 Å². The number of ether oxygens (including phenoxy) is 1. The molecule has 0 saturated heterocycles. The molecule has 2 rings (SSSR count). The molecule has 0 fully saturated rings. The molecular weight excluding hydrogens is 298 g/mol. The van der Waals surface area contributed by atoms with Crippen LogP contribution in [0.5, 0.6) is 5.88 Å². The Morgan fingerprint density at radius 1 is 1.45 bits per heavy atom. The Balaban J connectivity index is 2.03. The van der Waals surface area contributed by atoms with Crippen molar-refractivity contribution < 1.29 is 18.3 Å². The molecule has 10 heteroatoms. The Hall–Kier alpha value is -2.65. The van der Waals surface area contributed by atoms with E-state index >= 15 is 0 Å². The average molecular weight is 312 g/mol. The van der Waals surface area contributed by atoms with Gasteiger partial charge in [-0.25, -0.2) is 18.4 Å². The summed E-state index contributed by atoms with van der Waals surface area (Å²) in [5.74, 6) is -0.0580. The predicted octanol–water partition coefficient (Wildman–Crippen LogP) is 0.740. The summed E-state index contributed by atoms with van der Waals surface area (Å²) in [5, 5.41) is 13.6. The summed E-state index contributed by atoms with van der Waals surface area (Å²) < 4.78 is 30.4. The van der Waals surface area contributed by atoms with Gasteiger partial charge >= 0.3 is 0 Å². The number of halogens is 2. The Morgan fingerprint density at radius 3 is 2.86 bits per heavy atom. The van der Waals surface area contributed by atoms with Crippen LogP contribution in [-0.4, -0.2) is 44.1 Å². The second-order valence-corrected chi connectivity index (χ2v) is 4.42. The minimum absolute atomic E-state index is 0.0408. The van der Waals surface area contributed by atoms with E-state index in [1.165, 1.54) is 22.9 Å². The lowest BCUT2D eigenvalue weighted by Gasteiger charge is -2.12. The number of hydrogen-bond acceptors (Lipinski definition) is 6. The van der Waals surface area contributed by atoms with E-state index < -0.39 is 25.0 Å². The van der Waals surface area contributed by atoms with E-state index in [9.17, 15) is 13.6 Å². The fraction of sp³-hybridized carbons (Fsp3) is 0.417. The molecular formula is C12H14F2N6O2. The summed E-state index contributed by atoms with van der Waals surface area (Å²) in [6, 6.07) is 3.90. The van der Waals surface area contributed by atoms with Crippen LogP contribution in [0.1, 0.15) is 29.3 Å². The van der Waals surface area contributed by atoms with Gasteiger partial charge in [0.25, 0.3) is 12.3 Å². The Bertz CT molecular complexity index is 648. The predicted molar refractivity (Wildman–Crippen MR) is 70.4 cm³/mol. The molecule has 0 aliphatic carbocycles. The van der Waals surface area contributed by atoms with Gasteiger partial charge in [-0.15, -0.1) is 5.10 Å². The van der Waals surface area contributed by atoms with Crippen LogP contribution in [0.2, 0.25) is 0 Å². The highest BCUT2D eigenvalue weighted by Crippen LogP contribution is 2.11. The molecule has 22 heavy (non-hydrogen) atoms. The summed E-state index contributed by atoms with van der Waals surface area (Å²) in [7, 11) is 1.65. The van der Waals surface area contributed by atoms with E-state index in [0.717, 1.165) is 0 Å². The fourth-order valence-electron chi connectivity index (χ4n) is 1.71. The first-order chi connectivity index (χ1) is 10.5. The zero-order valence-corrected chi connectivity index (χ0v) is 11.9. The molecule has 2 aromatic heterocycles. The number of nitrogens with zero attached hydrogens (tertiary/aromatic N) is 5. The van der Waals surface area contributed by atoms with Crippen LogP contribution in [0.4, 0.5) is 8.78 Å². The second-order valence-electron chi connectivity index (χ2n) is 4.42. The number of hydrogen-bond donors (Lipinski definition) is 1. The Kier molecular flexibility index (Phi) is 4.92. The molecule has 0 aliphatic heterocycles. The largest absolute Gasteiger partial charge is 0.472 e. The third-order valence-corrected chi connectivity index (χ3v) is 2.70. The number of rotatable bonds is 6. The quantitative estimate of drug-likeness (QED) is 0.845. The molecule has 0 unspecified atom stereocenters. The highest BCUT2D eigenvalue weighted by Gasteiger charge is 2.17. The molecule has 2 heterocycles. The van der Waals surface area contributed by atoms with Crippen molar-refractivity contribution in [3.63, 3.8) is 0 Å². The van der Waals surface area contributed by atoms with Crippen LogP contribution in [0.15, 0.2) is 18.2 Å². The maximum Gasteiger partial charge on any atom is 0.272 e. The van der Waals surface area contributed by atoms with Crippen molar-refractivity contribution in [3.05, 3.63) is 29.7 Å². The van der Waals surface area contributed by atoms with Crippen LogP contribution < -0.4 is 10.1 Å². The monoisotopic (exact) mass is 312 g/mol. The van der Waals surface area contributed by atoms with Crippen molar-refractivity contribution >= 4 is 5.91 Å². The lowest BCUT2D eigenvalue weighted by Crippen LogP contribution is -2.29. The van der Waals surface area contributed by atoms with Gasteiger partial charge in [-0.3, -0.25) is 4.79 Å². The number of amides is 1. The van der Waals surface area contributed by atoms with Crippen LogP contribution in [0, 0.1) is 0 Å². The first-order valence-corrected chi connectivity index (χ1v) is 6.38. The molecule has 0 aliphatic rings. The molecule has 1 amide bonds. The summed E-state index contributed by atoms with van der Waals surface area (Å²) in [6.45, 7) is 0.930. The van der Waals surface area contributed by atoms with E-state index in [-0.39, 0.29) is 11.6 Å². The molecule has 0 radical (unpaired) electrons. The van der Waals surface area contributed by atoms with Gasteiger partial charge < -0.3 is 10.1 Å². The minimum atomic E-state index is -2.61. The van der Waals surface area contributed by atoms with Crippen LogP contribution in [0.25, 0.3) is 0 Å². The third-order valence-electron chi connectivity index (χ3n) is 2.70. The molecule has 0 spiro atoms. The standard InChI is InChI=1S/C12H14F2N6O2/c1-7(11-17-18-19-20(11)2)15-12(21)8-4-3-5-10(16-8)22-6-9(13)14/h3-5,7,9H,6H2,1-2H3,(H,15,21)/t7-/m1/s1. The molecule has 0 aromatic carbocycles. The number of carbonyl (C=O) groups is 1. The van der Waals surface area contributed by atoms with Crippen LogP contribution >= 0.6 is 0 Å². The van der Waals surface area contributed by atoms with Gasteiger partial charge in [-0.2, -0.15) is 0 Å². The van der Waals surface area contributed by atoms with E-state index in [2.05, 4.69) is 25.8 Å². The van der Waals surface area contributed by atoms with Gasteiger partial charge in [0.15, 0.2) is 12.4 Å². The Morgan fingerprint density at radius 2 is 2.23 bits per heavy atom. The van der Waals surface area contributed by atoms with Crippen molar-refractivity contribution in [1.29, 1.82) is 0 Å². The number of alkyl halides is 2. The molecule has 1 atom stereocenters. The average Bonchev–Trinajstić information content (AvgIpc) is 2.91. The molecule has 0 saturated carbocycles. The number of nitrogens with one attached hydrogen (secondary N) is 1. The summed E-state index contributed by atoms with van der Waals surface area (Å²) in [6.07, 6.45) is -2.61. The zero-order valence-electron chi connectivity index (χ0n) is 11.9. The highest BCUT2D eigenvalue weighted by atomic mass is 19.3. The number of carbonyl (C=O) groups excluding carboxylic acids is 1. The molecule has 0 bridgehead atoms. The first kappa shape index (κ1) is 15.7. The van der Waals surface area contributed by atoms with Crippen molar-refractivity contribution in [3.8, 4) is 5.88 Å². The topological polar surface area (TPSA) is 94.8 Å². The van der Waals surface area contributed by atoms with Crippen molar-refractivity contribution in [1.82, 2.24) is 30.5 Å². The van der Waals surface area contributed by atoms with Crippen molar-refractivity contribution in [2.75, 3.05) is 6.61 Å². The van der Waals surface area contributed by atoms with Gasteiger partial charge in [-0.1, -0.05) is 6.07 Å². The smallest absolute Gasteiger partial charge is 0.272 e. The van der Waals surface area contributed by atoms with E-state index in [4.69, 9.17) is 4.74 Å². The van der Waals surface area contributed by atoms with E-state index in [1.54, 1.807) is 14.0 Å². The maximum atomic E-state index is 12.1. The number of aryl methyl sites for hydroxylation is 1. The first-order valence-electron chi connectivity index (χ1n) is 6.38. The van der Waals surface area contributed by atoms with Crippen LogP contribution in [-0.2, 0) is 7.05 Å². The third kappa shape index (κ3) is 3.93. The fourth-order valence-corrected chi connectivity index (χ4v) is 1.71. The second kappa shape index (κ2) is 6.87. The lowest BCUT2D eigenvalue weighted by atomic mass is 10.2. The highest BCUT2D eigenvalue weighted by molar-refractivity contribution is 5.92. The van der Waals surface area contributed by atoms with Gasteiger partial charge in [0.05, 0.1) is 6.04 Å². The van der Waals surface area contributed by atoms with E-state index in [0.29, 0.717) is 5.82 Å². The van der Waals surface area contributed by atoms with Gasteiger partial charge in [-0.05, 0) is 23.4 Å². The molecule has 2 aromatic rings. The summed E-state index contributed by atoms with van der Waals surface area (Å²) in [4.78, 5) is 16.0. The zero-order chi connectivity index (χ0) is 16.1. The maximum absolute atomic E-state index is 12.1. The van der Waals surface area contributed by atoms with Gasteiger partial charge in [0, 0.05) is 13.1 Å². The van der Waals surface area contributed by atoms with Gasteiger partial charge in [0.2, 0.25) is 5.88 Å². The normalized spacial score (nSPS) is 12.2. The Labute approximate surface area is 124 Å².